The first-order chi connectivity index (χ1) is 20.5. The molecule has 42 heavy (non-hydrogen) atoms. The van der Waals surface area contributed by atoms with Crippen molar-refractivity contribution >= 4 is 41.0 Å². The fourth-order valence-electron chi connectivity index (χ4n) is 5.97. The highest BCUT2D eigenvalue weighted by molar-refractivity contribution is 6.33. The van der Waals surface area contributed by atoms with E-state index in [0.29, 0.717) is 24.6 Å². The average molecular weight is 601 g/mol. The van der Waals surface area contributed by atoms with Gasteiger partial charge in [0.25, 0.3) is 5.91 Å². The van der Waals surface area contributed by atoms with E-state index in [9.17, 15) is 9.59 Å². The van der Waals surface area contributed by atoms with E-state index in [-0.39, 0.29) is 22.8 Å². The van der Waals surface area contributed by atoms with Gasteiger partial charge in [0.2, 0.25) is 0 Å². The van der Waals surface area contributed by atoms with E-state index in [1.54, 1.807) is 6.07 Å². The van der Waals surface area contributed by atoms with E-state index < -0.39 is 6.03 Å². The number of halogens is 2. The minimum atomic E-state index is -0.424. The zero-order valence-corrected chi connectivity index (χ0v) is 24.5. The number of likely N-dealkylation sites (tertiary alicyclic amines) is 1. The second kappa shape index (κ2) is 12.4. The molecule has 1 aromatic heterocycles. The lowest BCUT2D eigenvalue weighted by molar-refractivity contribution is 0.0712. The monoisotopic (exact) mass is 599 g/mol. The summed E-state index contributed by atoms with van der Waals surface area (Å²) in [4.78, 5) is 32.4. The molecule has 6 rings (SSSR count). The highest BCUT2D eigenvalue weighted by atomic mass is 35.5. The Balaban J connectivity index is 1.07. The highest BCUT2D eigenvalue weighted by Crippen LogP contribution is 2.33. The molecule has 7 nitrogen and oxygen atoms in total. The van der Waals surface area contributed by atoms with Gasteiger partial charge in [0.15, 0.2) is 5.82 Å². The van der Waals surface area contributed by atoms with Crippen LogP contribution >= 0.6 is 23.2 Å². The van der Waals surface area contributed by atoms with E-state index >= 15 is 0 Å². The van der Waals surface area contributed by atoms with E-state index in [1.165, 1.54) is 22.9 Å². The number of pyridine rings is 1. The molecule has 9 heteroatoms. The lowest BCUT2D eigenvalue weighted by Crippen LogP contribution is -2.41. The summed E-state index contributed by atoms with van der Waals surface area (Å²) >= 11 is 12.6. The third kappa shape index (κ3) is 6.08. The Morgan fingerprint density at radius 2 is 1.50 bits per heavy atom. The van der Waals surface area contributed by atoms with Gasteiger partial charge in [0.05, 0.1) is 16.6 Å². The third-order valence-electron chi connectivity index (χ3n) is 8.16. The summed E-state index contributed by atoms with van der Waals surface area (Å²) in [5.74, 6) is 0.514. The van der Waals surface area contributed by atoms with Gasteiger partial charge in [-0.1, -0.05) is 83.9 Å². The summed E-state index contributed by atoms with van der Waals surface area (Å²) in [5.41, 5.74) is 11.6. The Morgan fingerprint density at radius 3 is 2.14 bits per heavy atom. The van der Waals surface area contributed by atoms with Crippen LogP contribution < -0.4 is 16.2 Å². The molecule has 0 radical (unpaired) electrons. The number of benzene rings is 3. The molecular weight excluding hydrogens is 569 g/mol. The number of fused-ring (bicyclic) bond motifs is 2. The lowest BCUT2D eigenvalue weighted by atomic mass is 9.89. The number of hydrazine groups is 1. The second-order valence-corrected chi connectivity index (χ2v) is 11.6. The van der Waals surface area contributed by atoms with Gasteiger partial charge < -0.3 is 10.2 Å². The van der Waals surface area contributed by atoms with Crippen molar-refractivity contribution < 1.29 is 9.59 Å². The molecule has 1 fully saturated rings. The Kier molecular flexibility index (Phi) is 8.31. The van der Waals surface area contributed by atoms with Crippen LogP contribution in [-0.2, 0) is 12.8 Å². The van der Waals surface area contributed by atoms with Gasteiger partial charge in [-0.2, -0.15) is 0 Å². The number of urea groups is 1. The van der Waals surface area contributed by atoms with E-state index in [4.69, 9.17) is 23.2 Å². The van der Waals surface area contributed by atoms with Crippen molar-refractivity contribution in [1.29, 1.82) is 0 Å². The van der Waals surface area contributed by atoms with Crippen molar-refractivity contribution in [2.75, 3.05) is 18.5 Å². The Bertz CT molecular complexity index is 1570. The normalized spacial score (nSPS) is 15.2. The maximum Gasteiger partial charge on any atom is 0.334 e. The molecule has 2 aliphatic rings. The summed E-state index contributed by atoms with van der Waals surface area (Å²) in [5, 5.41) is 4.07. The van der Waals surface area contributed by atoms with Crippen LogP contribution in [0, 0.1) is 0 Å². The van der Waals surface area contributed by atoms with Crippen LogP contribution in [0.5, 0.6) is 0 Å². The molecule has 2 heterocycles. The van der Waals surface area contributed by atoms with Crippen LogP contribution in [0.2, 0.25) is 10.0 Å². The first kappa shape index (κ1) is 28.1. The molecule has 4 aromatic rings. The Labute approximate surface area is 255 Å². The number of hydrogen-bond acceptors (Lipinski definition) is 4. The zero-order chi connectivity index (χ0) is 29.1. The fourth-order valence-corrected chi connectivity index (χ4v) is 6.38. The number of aryl methyl sites for hydroxylation is 2. The number of rotatable bonds is 5. The predicted octanol–water partition coefficient (Wildman–Crippen LogP) is 6.92. The molecule has 1 saturated heterocycles. The highest BCUT2D eigenvalue weighted by Gasteiger charge is 2.27. The number of carbonyl (C=O) groups excluding carboxylic acids is 2. The Hall–Kier alpha value is -4.07. The van der Waals surface area contributed by atoms with Crippen LogP contribution in [0.4, 0.5) is 10.6 Å². The van der Waals surface area contributed by atoms with Crippen LogP contribution in [0.1, 0.15) is 63.0 Å². The Morgan fingerprint density at radius 1 is 0.833 bits per heavy atom. The summed E-state index contributed by atoms with van der Waals surface area (Å²) < 4.78 is 0. The third-order valence-corrected chi connectivity index (χ3v) is 8.68. The maximum absolute atomic E-state index is 13.2. The van der Waals surface area contributed by atoms with Crippen LogP contribution in [0.15, 0.2) is 85.1 Å². The standard InChI is InChI=1S/C33H31Cl2N5O2/c34-26-9-5-8-24(18-26)21-14-16-40(17-15-21)32(41)25-19-29(35)31(36-20-25)38-39-33(42)37-30-27-10-3-1-6-22(27)12-13-23-7-2-4-11-28(23)30/h1-11,18-21,30H,12-17H2,(H,36,38)(H2,37,39,42). The molecule has 1 aliphatic heterocycles. The molecule has 3 N–H and O–H groups in total. The van der Waals surface area contributed by atoms with Crippen molar-refractivity contribution in [3.63, 3.8) is 0 Å². The van der Waals surface area contributed by atoms with Gasteiger partial charge in [-0.15, -0.1) is 0 Å². The zero-order valence-electron chi connectivity index (χ0n) is 22.9. The number of amides is 3. The predicted molar refractivity (Wildman–Crippen MR) is 166 cm³/mol. The summed E-state index contributed by atoms with van der Waals surface area (Å²) in [6.07, 6.45) is 5.03. The smallest absolute Gasteiger partial charge is 0.334 e. The molecule has 3 amide bonds. The van der Waals surface area contributed by atoms with Crippen molar-refractivity contribution in [3.8, 4) is 0 Å². The van der Waals surface area contributed by atoms with Crippen molar-refractivity contribution in [2.24, 2.45) is 0 Å². The molecule has 0 unspecified atom stereocenters. The van der Waals surface area contributed by atoms with Gasteiger partial charge >= 0.3 is 6.03 Å². The average Bonchev–Trinajstić information content (AvgIpc) is 3.17. The molecule has 1 aliphatic carbocycles. The van der Waals surface area contributed by atoms with Crippen molar-refractivity contribution in [1.82, 2.24) is 20.6 Å². The number of aromatic nitrogens is 1. The van der Waals surface area contributed by atoms with Gasteiger partial charge in [0.1, 0.15) is 0 Å². The van der Waals surface area contributed by atoms with E-state index in [1.807, 2.05) is 47.4 Å². The van der Waals surface area contributed by atoms with Crippen molar-refractivity contribution in [2.45, 2.75) is 37.6 Å². The van der Waals surface area contributed by atoms with Crippen LogP contribution in [0.3, 0.4) is 0 Å². The van der Waals surface area contributed by atoms with Gasteiger partial charge in [-0.25, -0.2) is 9.78 Å². The minimum absolute atomic E-state index is 0.114. The molecule has 0 spiro atoms. The summed E-state index contributed by atoms with van der Waals surface area (Å²) in [6, 6.07) is 25.2. The van der Waals surface area contributed by atoms with Gasteiger partial charge in [-0.3, -0.25) is 15.6 Å². The summed E-state index contributed by atoms with van der Waals surface area (Å²) in [6.45, 7) is 1.28. The molecule has 0 atom stereocenters. The number of hydrogen-bond donors (Lipinski definition) is 3. The number of nitrogens with zero attached hydrogens (tertiary/aromatic N) is 2. The summed E-state index contributed by atoms with van der Waals surface area (Å²) in [7, 11) is 0. The van der Waals surface area contributed by atoms with E-state index in [2.05, 4.69) is 51.5 Å². The molecular formula is C33H31Cl2N5O2. The first-order valence-corrected chi connectivity index (χ1v) is 14.9. The minimum Gasteiger partial charge on any atom is -0.339 e. The molecule has 0 bridgehead atoms. The molecule has 3 aromatic carbocycles. The van der Waals surface area contributed by atoms with Gasteiger partial charge in [0, 0.05) is 24.3 Å². The number of carbonyl (C=O) groups is 2. The lowest BCUT2D eigenvalue weighted by Gasteiger charge is -2.32. The largest absolute Gasteiger partial charge is 0.339 e. The fraction of sp³-hybridized carbons (Fsp3) is 0.242. The SMILES string of the molecule is O=C(NNc1ncc(C(=O)N2CCC(c3cccc(Cl)c3)CC2)cc1Cl)NC1c2ccccc2CCc2ccccc21. The number of nitrogens with one attached hydrogen (secondary N) is 3. The van der Waals surface area contributed by atoms with Crippen LogP contribution in [-0.4, -0.2) is 34.9 Å². The quantitative estimate of drug-likeness (QED) is 0.217. The first-order valence-electron chi connectivity index (χ1n) is 14.1. The molecule has 0 saturated carbocycles. The number of anilines is 1. The van der Waals surface area contributed by atoms with Crippen molar-refractivity contribution in [3.05, 3.63) is 128 Å². The maximum atomic E-state index is 13.2. The second-order valence-electron chi connectivity index (χ2n) is 10.7. The number of piperidine rings is 1. The van der Waals surface area contributed by atoms with Crippen LogP contribution in [0.25, 0.3) is 0 Å². The van der Waals surface area contributed by atoms with E-state index in [0.717, 1.165) is 41.8 Å². The topological polar surface area (TPSA) is 86.4 Å². The molecule has 214 valence electrons. The van der Waals surface area contributed by atoms with Gasteiger partial charge in [-0.05, 0) is 77.6 Å².